The van der Waals surface area contributed by atoms with Gasteiger partial charge in [-0.25, -0.2) is 0 Å². The van der Waals surface area contributed by atoms with E-state index in [4.69, 9.17) is 4.74 Å². The first-order valence-electron chi connectivity index (χ1n) is 7.23. The third-order valence-corrected chi connectivity index (χ3v) is 4.67. The van der Waals surface area contributed by atoms with Crippen LogP contribution in [0.5, 0.6) is 0 Å². The van der Waals surface area contributed by atoms with Gasteiger partial charge in [0.05, 0.1) is 12.0 Å². The lowest BCUT2D eigenvalue weighted by atomic mass is 9.78. The van der Waals surface area contributed by atoms with Crippen LogP contribution in [-0.2, 0) is 9.53 Å². The Kier molecular flexibility index (Phi) is 7.80. The molecule has 1 aliphatic rings. The molecule has 112 valence electrons. The number of piperidine rings is 1. The molecule has 0 spiro atoms. The highest BCUT2D eigenvalue weighted by molar-refractivity contribution is 7.99. The van der Waals surface area contributed by atoms with Gasteiger partial charge < -0.3 is 15.4 Å². The van der Waals surface area contributed by atoms with Crippen LogP contribution in [-0.4, -0.2) is 50.3 Å². The summed E-state index contributed by atoms with van der Waals surface area (Å²) in [5, 5.41) is 6.48. The maximum Gasteiger partial charge on any atom is 0.228 e. The first-order chi connectivity index (χ1) is 9.14. The molecule has 1 saturated heterocycles. The Labute approximate surface area is 121 Å². The molecule has 0 aliphatic carbocycles. The number of hydrogen-bond acceptors (Lipinski definition) is 4. The molecule has 19 heavy (non-hydrogen) atoms. The number of rotatable bonds is 8. The molecule has 1 atom stereocenters. The summed E-state index contributed by atoms with van der Waals surface area (Å²) in [5.74, 6) is 2.42. The van der Waals surface area contributed by atoms with Crippen LogP contribution in [0.3, 0.4) is 0 Å². The molecule has 1 rings (SSSR count). The van der Waals surface area contributed by atoms with Crippen LogP contribution >= 0.6 is 11.8 Å². The molecular weight excluding hydrogens is 260 g/mol. The van der Waals surface area contributed by atoms with Crippen molar-refractivity contribution in [2.24, 2.45) is 5.41 Å². The van der Waals surface area contributed by atoms with Gasteiger partial charge in [0, 0.05) is 13.2 Å². The van der Waals surface area contributed by atoms with Crippen LogP contribution in [0.25, 0.3) is 0 Å². The molecular formula is C14H28N2O2S. The van der Waals surface area contributed by atoms with E-state index in [1.165, 1.54) is 0 Å². The van der Waals surface area contributed by atoms with Gasteiger partial charge in [0.2, 0.25) is 5.91 Å². The van der Waals surface area contributed by atoms with Gasteiger partial charge >= 0.3 is 0 Å². The third kappa shape index (κ3) is 5.32. The normalized spacial score (nSPS) is 19.9. The monoisotopic (exact) mass is 288 g/mol. The fraction of sp³-hybridized carbons (Fsp3) is 0.929. The second-order valence-corrected chi connectivity index (χ2v) is 6.72. The summed E-state index contributed by atoms with van der Waals surface area (Å²) in [4.78, 5) is 12.5. The summed E-state index contributed by atoms with van der Waals surface area (Å²) in [6.07, 6.45) is 2.76. The fourth-order valence-corrected chi connectivity index (χ4v) is 3.28. The quantitative estimate of drug-likeness (QED) is 0.667. The SMILES string of the molecule is CCSCCC(C)NC(=O)C1(COC)CCNCC1. The van der Waals surface area contributed by atoms with E-state index in [2.05, 4.69) is 24.5 Å². The predicted octanol–water partition coefficient (Wildman–Crippen LogP) is 1.65. The van der Waals surface area contributed by atoms with Gasteiger partial charge in [-0.15, -0.1) is 0 Å². The average molecular weight is 288 g/mol. The Morgan fingerprint density at radius 2 is 2.16 bits per heavy atom. The number of hydrogen-bond donors (Lipinski definition) is 2. The van der Waals surface area contributed by atoms with Crippen molar-refractivity contribution in [1.82, 2.24) is 10.6 Å². The van der Waals surface area contributed by atoms with Gasteiger partial charge in [0.1, 0.15) is 0 Å². The van der Waals surface area contributed by atoms with Crippen molar-refractivity contribution in [3.8, 4) is 0 Å². The van der Waals surface area contributed by atoms with Crippen molar-refractivity contribution in [3.63, 3.8) is 0 Å². The third-order valence-electron chi connectivity index (χ3n) is 3.74. The zero-order chi connectivity index (χ0) is 14.1. The maximum atomic E-state index is 12.5. The van der Waals surface area contributed by atoms with Crippen LogP contribution in [0, 0.1) is 5.41 Å². The second kappa shape index (κ2) is 8.82. The zero-order valence-electron chi connectivity index (χ0n) is 12.5. The number of carbonyl (C=O) groups is 1. The van der Waals surface area contributed by atoms with Crippen molar-refractivity contribution in [3.05, 3.63) is 0 Å². The number of nitrogens with one attached hydrogen (secondary N) is 2. The van der Waals surface area contributed by atoms with Crippen LogP contribution in [0.1, 0.15) is 33.1 Å². The Morgan fingerprint density at radius 3 is 2.74 bits per heavy atom. The van der Waals surface area contributed by atoms with E-state index < -0.39 is 0 Å². The Morgan fingerprint density at radius 1 is 1.47 bits per heavy atom. The van der Waals surface area contributed by atoms with Crippen LogP contribution < -0.4 is 10.6 Å². The number of carbonyl (C=O) groups excluding carboxylic acids is 1. The van der Waals surface area contributed by atoms with Gasteiger partial charge in [-0.1, -0.05) is 6.92 Å². The summed E-state index contributed by atoms with van der Waals surface area (Å²) in [6, 6.07) is 0.246. The van der Waals surface area contributed by atoms with Gasteiger partial charge in [-0.3, -0.25) is 4.79 Å². The molecule has 2 N–H and O–H groups in total. The van der Waals surface area contributed by atoms with Gasteiger partial charge in [-0.05, 0) is 50.8 Å². The summed E-state index contributed by atoms with van der Waals surface area (Å²) in [5.41, 5.74) is -0.327. The predicted molar refractivity (Wildman–Crippen MR) is 81.6 cm³/mol. The first kappa shape index (κ1) is 16.8. The molecule has 0 aromatic carbocycles. The molecule has 4 nitrogen and oxygen atoms in total. The molecule has 0 radical (unpaired) electrons. The Hall–Kier alpha value is -0.260. The fourth-order valence-electron chi connectivity index (χ4n) is 2.47. The summed E-state index contributed by atoms with van der Waals surface area (Å²) in [6.45, 7) is 6.58. The van der Waals surface area contributed by atoms with Crippen molar-refractivity contribution in [1.29, 1.82) is 0 Å². The lowest BCUT2D eigenvalue weighted by Gasteiger charge is -2.36. The summed E-state index contributed by atoms with van der Waals surface area (Å²) < 4.78 is 5.29. The molecule has 5 heteroatoms. The number of amides is 1. The molecule has 1 fully saturated rings. The number of methoxy groups -OCH3 is 1. The minimum atomic E-state index is -0.327. The Bertz CT molecular complexity index is 263. The molecule has 1 unspecified atom stereocenters. The highest BCUT2D eigenvalue weighted by Gasteiger charge is 2.39. The van der Waals surface area contributed by atoms with Crippen molar-refractivity contribution in [2.45, 2.75) is 39.2 Å². The van der Waals surface area contributed by atoms with E-state index in [9.17, 15) is 4.79 Å². The lowest BCUT2D eigenvalue weighted by molar-refractivity contribution is -0.136. The van der Waals surface area contributed by atoms with E-state index in [0.717, 1.165) is 43.9 Å². The maximum absolute atomic E-state index is 12.5. The first-order valence-corrected chi connectivity index (χ1v) is 8.38. The van der Waals surface area contributed by atoms with Gasteiger partial charge in [0.15, 0.2) is 0 Å². The lowest BCUT2D eigenvalue weighted by Crippen LogP contribution is -2.52. The highest BCUT2D eigenvalue weighted by atomic mass is 32.2. The van der Waals surface area contributed by atoms with E-state index in [1.807, 2.05) is 11.8 Å². The van der Waals surface area contributed by atoms with Crippen molar-refractivity contribution in [2.75, 3.05) is 38.3 Å². The van der Waals surface area contributed by atoms with Crippen molar-refractivity contribution >= 4 is 17.7 Å². The topological polar surface area (TPSA) is 50.4 Å². The molecule has 0 saturated carbocycles. The van der Waals surface area contributed by atoms with Crippen LogP contribution in [0.2, 0.25) is 0 Å². The van der Waals surface area contributed by atoms with Crippen LogP contribution in [0.15, 0.2) is 0 Å². The van der Waals surface area contributed by atoms with Crippen LogP contribution in [0.4, 0.5) is 0 Å². The summed E-state index contributed by atoms with van der Waals surface area (Å²) in [7, 11) is 1.68. The number of thioether (sulfide) groups is 1. The molecule has 1 heterocycles. The summed E-state index contributed by atoms with van der Waals surface area (Å²) >= 11 is 1.92. The minimum Gasteiger partial charge on any atom is -0.384 e. The van der Waals surface area contributed by atoms with Gasteiger partial charge in [-0.2, -0.15) is 11.8 Å². The zero-order valence-corrected chi connectivity index (χ0v) is 13.3. The molecule has 0 aromatic rings. The highest BCUT2D eigenvalue weighted by Crippen LogP contribution is 2.29. The average Bonchev–Trinajstić information content (AvgIpc) is 2.40. The molecule has 0 bridgehead atoms. The van der Waals surface area contributed by atoms with E-state index in [0.29, 0.717) is 6.61 Å². The standard InChI is InChI=1S/C14H28N2O2S/c1-4-19-10-5-12(2)16-13(17)14(11-18-3)6-8-15-9-7-14/h12,15H,4-11H2,1-3H3,(H,16,17). The largest absolute Gasteiger partial charge is 0.384 e. The smallest absolute Gasteiger partial charge is 0.228 e. The molecule has 1 aliphatic heterocycles. The van der Waals surface area contributed by atoms with E-state index >= 15 is 0 Å². The second-order valence-electron chi connectivity index (χ2n) is 5.32. The Balaban J connectivity index is 2.47. The van der Waals surface area contributed by atoms with Crippen molar-refractivity contribution < 1.29 is 9.53 Å². The van der Waals surface area contributed by atoms with E-state index in [1.54, 1.807) is 7.11 Å². The molecule has 0 aromatic heterocycles. The van der Waals surface area contributed by atoms with Gasteiger partial charge in [0.25, 0.3) is 0 Å². The minimum absolute atomic E-state index is 0.171. The number of ether oxygens (including phenoxy) is 1. The molecule has 1 amide bonds. The van der Waals surface area contributed by atoms with E-state index in [-0.39, 0.29) is 17.4 Å².